The number of urea groups is 1. The Hall–Kier alpha value is -3.32. The molecule has 2 aromatic carbocycles. The number of hydrogen-bond acceptors (Lipinski definition) is 4. The molecule has 1 atom stereocenters. The van der Waals surface area contributed by atoms with Gasteiger partial charge in [0.2, 0.25) is 0 Å². The first kappa shape index (κ1) is 19.0. The lowest BCUT2D eigenvalue weighted by atomic mass is 9.90. The van der Waals surface area contributed by atoms with Gasteiger partial charge >= 0.3 is 6.03 Å². The fraction of sp³-hybridized carbons (Fsp3) is 0.273. The van der Waals surface area contributed by atoms with Crippen LogP contribution in [0.15, 0.2) is 60.7 Å². The molecule has 0 spiro atoms. The lowest BCUT2D eigenvalue weighted by Gasteiger charge is -2.25. The van der Waals surface area contributed by atoms with Crippen LogP contribution in [0, 0.1) is 6.92 Å². The first-order chi connectivity index (χ1) is 14.0. The van der Waals surface area contributed by atoms with E-state index in [1.807, 2.05) is 67.6 Å². The van der Waals surface area contributed by atoms with Crippen LogP contribution in [0.4, 0.5) is 10.6 Å². The van der Waals surface area contributed by atoms with Crippen molar-refractivity contribution in [2.24, 2.45) is 5.73 Å². The molecular formula is C22H25N5O2. The van der Waals surface area contributed by atoms with Crippen LogP contribution in [0.1, 0.15) is 17.7 Å². The third-order valence-corrected chi connectivity index (χ3v) is 5.38. The lowest BCUT2D eigenvalue weighted by molar-refractivity contribution is 0.219. The van der Waals surface area contributed by atoms with Crippen molar-refractivity contribution in [1.29, 1.82) is 0 Å². The number of nitrogens with zero attached hydrogens (tertiary/aromatic N) is 3. The third kappa shape index (κ3) is 3.82. The Balaban J connectivity index is 1.45. The maximum absolute atomic E-state index is 12.8. The Morgan fingerprint density at radius 3 is 2.59 bits per heavy atom. The number of carbonyl (C=O) groups excluding carboxylic acids is 1. The Bertz CT molecular complexity index is 1000. The standard InChI is InChI=1S/C22H25N5O2/c1-16-14-20(25-27(16)18-8-10-19(29-2)11-9-18)24-21(28)26-13-12-22(23,15-26)17-6-4-3-5-7-17/h3-11,14H,12-13,15,23H2,1-2H3,(H,24,25,28). The van der Waals surface area contributed by atoms with Crippen molar-refractivity contribution in [1.82, 2.24) is 14.7 Å². The minimum absolute atomic E-state index is 0.187. The van der Waals surface area contributed by atoms with E-state index in [1.165, 1.54) is 0 Å². The van der Waals surface area contributed by atoms with Crippen LogP contribution in [0.25, 0.3) is 5.69 Å². The number of nitrogens with two attached hydrogens (primary N) is 1. The van der Waals surface area contributed by atoms with Gasteiger partial charge in [-0.15, -0.1) is 5.10 Å². The van der Waals surface area contributed by atoms with E-state index in [0.717, 1.165) is 29.1 Å². The zero-order valence-electron chi connectivity index (χ0n) is 16.6. The van der Waals surface area contributed by atoms with Crippen molar-refractivity contribution in [3.63, 3.8) is 0 Å². The normalized spacial score (nSPS) is 18.7. The molecule has 1 aromatic heterocycles. The number of anilines is 1. The van der Waals surface area contributed by atoms with Gasteiger partial charge in [0.05, 0.1) is 18.3 Å². The van der Waals surface area contributed by atoms with Crippen LogP contribution in [0.3, 0.4) is 0 Å². The van der Waals surface area contributed by atoms with Crippen molar-refractivity contribution >= 4 is 11.8 Å². The Morgan fingerprint density at radius 2 is 1.90 bits per heavy atom. The highest BCUT2D eigenvalue weighted by atomic mass is 16.5. The molecule has 1 fully saturated rings. The molecule has 1 unspecified atom stereocenters. The van der Waals surface area contributed by atoms with Gasteiger partial charge in [-0.2, -0.15) is 0 Å². The minimum atomic E-state index is -0.517. The van der Waals surface area contributed by atoms with E-state index in [1.54, 1.807) is 16.7 Å². The zero-order chi connectivity index (χ0) is 20.4. The smallest absolute Gasteiger partial charge is 0.323 e. The van der Waals surface area contributed by atoms with Crippen LogP contribution >= 0.6 is 0 Å². The molecule has 0 radical (unpaired) electrons. The Labute approximate surface area is 170 Å². The summed E-state index contributed by atoms with van der Waals surface area (Å²) in [5, 5.41) is 7.43. The van der Waals surface area contributed by atoms with Gasteiger partial charge in [-0.05, 0) is 43.2 Å². The zero-order valence-corrected chi connectivity index (χ0v) is 16.6. The summed E-state index contributed by atoms with van der Waals surface area (Å²) in [6.07, 6.45) is 0.726. The molecule has 7 nitrogen and oxygen atoms in total. The molecule has 1 aliphatic rings. The number of aromatic nitrogens is 2. The van der Waals surface area contributed by atoms with E-state index in [2.05, 4.69) is 10.4 Å². The number of rotatable bonds is 4. The summed E-state index contributed by atoms with van der Waals surface area (Å²) < 4.78 is 6.98. The van der Waals surface area contributed by atoms with Crippen molar-refractivity contribution in [2.75, 3.05) is 25.5 Å². The van der Waals surface area contributed by atoms with E-state index in [4.69, 9.17) is 10.5 Å². The molecule has 7 heteroatoms. The summed E-state index contributed by atoms with van der Waals surface area (Å²) in [5.74, 6) is 1.29. The summed E-state index contributed by atoms with van der Waals surface area (Å²) in [6, 6.07) is 19.2. The summed E-state index contributed by atoms with van der Waals surface area (Å²) in [4.78, 5) is 14.5. The molecule has 0 saturated carbocycles. The van der Waals surface area contributed by atoms with Crippen LogP contribution in [-0.2, 0) is 5.54 Å². The maximum atomic E-state index is 12.8. The van der Waals surface area contributed by atoms with Crippen molar-refractivity contribution in [2.45, 2.75) is 18.9 Å². The molecule has 0 bridgehead atoms. The van der Waals surface area contributed by atoms with Crippen molar-refractivity contribution in [3.8, 4) is 11.4 Å². The third-order valence-electron chi connectivity index (χ3n) is 5.38. The number of hydrogen-bond donors (Lipinski definition) is 2. The molecule has 1 aliphatic heterocycles. The minimum Gasteiger partial charge on any atom is -0.497 e. The number of ether oxygens (including phenoxy) is 1. The molecule has 29 heavy (non-hydrogen) atoms. The summed E-state index contributed by atoms with van der Waals surface area (Å²) in [6.45, 7) is 3.03. The fourth-order valence-corrected chi connectivity index (χ4v) is 3.72. The van der Waals surface area contributed by atoms with Gasteiger partial charge in [-0.1, -0.05) is 30.3 Å². The maximum Gasteiger partial charge on any atom is 0.323 e. The first-order valence-electron chi connectivity index (χ1n) is 9.60. The first-order valence-corrected chi connectivity index (χ1v) is 9.60. The molecular weight excluding hydrogens is 366 g/mol. The second kappa shape index (κ2) is 7.60. The van der Waals surface area contributed by atoms with Gasteiger partial charge < -0.3 is 15.4 Å². The molecule has 3 N–H and O–H groups in total. The number of amides is 2. The molecule has 3 aromatic rings. The molecule has 4 rings (SSSR count). The van der Waals surface area contributed by atoms with Crippen molar-refractivity contribution in [3.05, 3.63) is 71.9 Å². The van der Waals surface area contributed by atoms with Crippen LogP contribution in [0.2, 0.25) is 0 Å². The predicted molar refractivity (Wildman–Crippen MR) is 112 cm³/mol. The number of nitrogens with one attached hydrogen (secondary N) is 1. The highest BCUT2D eigenvalue weighted by molar-refractivity contribution is 5.88. The summed E-state index contributed by atoms with van der Waals surface area (Å²) in [7, 11) is 1.63. The molecule has 150 valence electrons. The second-order valence-corrected chi connectivity index (χ2v) is 7.40. The lowest BCUT2D eigenvalue weighted by Crippen LogP contribution is -2.42. The molecule has 1 saturated heterocycles. The number of benzene rings is 2. The van der Waals surface area contributed by atoms with Gasteiger partial charge in [0.1, 0.15) is 5.75 Å². The van der Waals surface area contributed by atoms with Crippen LogP contribution in [-0.4, -0.2) is 40.9 Å². The summed E-state index contributed by atoms with van der Waals surface area (Å²) >= 11 is 0. The Kier molecular flexibility index (Phi) is 4.98. The van der Waals surface area contributed by atoms with E-state index >= 15 is 0 Å². The second-order valence-electron chi connectivity index (χ2n) is 7.40. The fourth-order valence-electron chi connectivity index (χ4n) is 3.72. The highest BCUT2D eigenvalue weighted by Crippen LogP contribution is 2.29. The average Bonchev–Trinajstić information content (AvgIpc) is 3.32. The summed E-state index contributed by atoms with van der Waals surface area (Å²) in [5.41, 5.74) is 8.93. The van der Waals surface area contributed by atoms with Gasteiger partial charge in [0, 0.05) is 24.8 Å². The number of aryl methyl sites for hydroxylation is 1. The molecule has 2 amide bonds. The molecule has 0 aliphatic carbocycles. The van der Waals surface area contributed by atoms with Gasteiger partial charge in [0.15, 0.2) is 5.82 Å². The van der Waals surface area contributed by atoms with Gasteiger partial charge in [0.25, 0.3) is 0 Å². The van der Waals surface area contributed by atoms with E-state index in [-0.39, 0.29) is 6.03 Å². The Morgan fingerprint density at radius 1 is 1.17 bits per heavy atom. The highest BCUT2D eigenvalue weighted by Gasteiger charge is 2.38. The van der Waals surface area contributed by atoms with E-state index in [0.29, 0.717) is 18.9 Å². The topological polar surface area (TPSA) is 85.4 Å². The predicted octanol–water partition coefficient (Wildman–Crippen LogP) is 3.28. The van der Waals surface area contributed by atoms with Crippen molar-refractivity contribution < 1.29 is 9.53 Å². The van der Waals surface area contributed by atoms with Gasteiger partial charge in [-0.25, -0.2) is 9.48 Å². The quantitative estimate of drug-likeness (QED) is 0.715. The average molecular weight is 391 g/mol. The van der Waals surface area contributed by atoms with E-state index in [9.17, 15) is 4.79 Å². The largest absolute Gasteiger partial charge is 0.497 e. The van der Waals surface area contributed by atoms with Crippen LogP contribution in [0.5, 0.6) is 5.75 Å². The van der Waals surface area contributed by atoms with Crippen LogP contribution < -0.4 is 15.8 Å². The monoisotopic (exact) mass is 391 g/mol. The SMILES string of the molecule is COc1ccc(-n2nc(NC(=O)N3CCC(N)(c4ccccc4)C3)cc2C)cc1. The number of methoxy groups -OCH3 is 1. The number of likely N-dealkylation sites (tertiary alicyclic amines) is 1. The van der Waals surface area contributed by atoms with Gasteiger partial charge in [-0.3, -0.25) is 5.32 Å². The molecule has 2 heterocycles. The van der Waals surface area contributed by atoms with E-state index < -0.39 is 5.54 Å². The number of carbonyl (C=O) groups is 1.